The standard InChI is InChI=1S/C18H28N2O/c1-3-11-19-17-13-14(2)8-9-16(17)18(21)20-12-10-15-6-4-5-7-15/h8-9,13,15,19H,3-7,10-12H2,1-2H3,(H,20,21). The molecule has 3 heteroatoms. The van der Waals surface area contributed by atoms with E-state index in [1.807, 2.05) is 12.1 Å². The molecule has 2 N–H and O–H groups in total. The molecule has 1 saturated carbocycles. The molecule has 1 aliphatic rings. The smallest absolute Gasteiger partial charge is 0.253 e. The second-order valence-corrected chi connectivity index (χ2v) is 6.17. The fourth-order valence-corrected chi connectivity index (χ4v) is 3.05. The Balaban J connectivity index is 1.90. The molecule has 21 heavy (non-hydrogen) atoms. The minimum absolute atomic E-state index is 0.0478. The second-order valence-electron chi connectivity index (χ2n) is 6.17. The number of amides is 1. The van der Waals surface area contributed by atoms with E-state index in [2.05, 4.69) is 30.5 Å². The Labute approximate surface area is 128 Å². The van der Waals surface area contributed by atoms with Crippen molar-refractivity contribution in [2.45, 2.75) is 52.4 Å². The average Bonchev–Trinajstić information content (AvgIpc) is 2.98. The van der Waals surface area contributed by atoms with Gasteiger partial charge in [0.15, 0.2) is 0 Å². The van der Waals surface area contributed by atoms with Crippen molar-refractivity contribution < 1.29 is 4.79 Å². The van der Waals surface area contributed by atoms with E-state index in [4.69, 9.17) is 0 Å². The molecule has 0 aliphatic heterocycles. The van der Waals surface area contributed by atoms with Gasteiger partial charge in [-0.2, -0.15) is 0 Å². The Morgan fingerprint density at radius 1 is 1.24 bits per heavy atom. The van der Waals surface area contributed by atoms with E-state index in [-0.39, 0.29) is 5.91 Å². The predicted octanol–water partition coefficient (Wildman–Crippen LogP) is 4.13. The largest absolute Gasteiger partial charge is 0.384 e. The number of rotatable bonds is 7. The summed E-state index contributed by atoms with van der Waals surface area (Å²) < 4.78 is 0. The quantitative estimate of drug-likeness (QED) is 0.792. The Kier molecular flexibility index (Phi) is 6.09. The summed E-state index contributed by atoms with van der Waals surface area (Å²) in [6.07, 6.45) is 7.57. The molecule has 1 aliphatic carbocycles. The van der Waals surface area contributed by atoms with Crippen LogP contribution in [0.15, 0.2) is 18.2 Å². The van der Waals surface area contributed by atoms with Crippen molar-refractivity contribution in [3.8, 4) is 0 Å². The molecule has 0 spiro atoms. The van der Waals surface area contributed by atoms with Crippen LogP contribution in [0.5, 0.6) is 0 Å². The Morgan fingerprint density at radius 3 is 2.71 bits per heavy atom. The van der Waals surface area contributed by atoms with Crippen LogP contribution in [0.2, 0.25) is 0 Å². The van der Waals surface area contributed by atoms with Gasteiger partial charge in [0.05, 0.1) is 5.56 Å². The van der Waals surface area contributed by atoms with Crippen LogP contribution in [0, 0.1) is 12.8 Å². The molecule has 0 radical (unpaired) electrons. The maximum Gasteiger partial charge on any atom is 0.253 e. The molecule has 1 amide bonds. The highest BCUT2D eigenvalue weighted by molar-refractivity contribution is 5.99. The van der Waals surface area contributed by atoms with Crippen LogP contribution < -0.4 is 10.6 Å². The van der Waals surface area contributed by atoms with Crippen molar-refractivity contribution >= 4 is 11.6 Å². The molecule has 0 heterocycles. The van der Waals surface area contributed by atoms with Crippen LogP contribution in [0.3, 0.4) is 0 Å². The van der Waals surface area contributed by atoms with E-state index in [1.54, 1.807) is 0 Å². The number of nitrogens with one attached hydrogen (secondary N) is 2. The topological polar surface area (TPSA) is 41.1 Å². The van der Waals surface area contributed by atoms with Gasteiger partial charge in [-0.25, -0.2) is 0 Å². The monoisotopic (exact) mass is 288 g/mol. The van der Waals surface area contributed by atoms with Crippen LogP contribution in [-0.2, 0) is 0 Å². The highest BCUT2D eigenvalue weighted by Crippen LogP contribution is 2.27. The normalized spacial score (nSPS) is 15.1. The molecule has 2 rings (SSSR count). The number of carbonyl (C=O) groups is 1. The molecule has 0 bridgehead atoms. The lowest BCUT2D eigenvalue weighted by molar-refractivity contribution is 0.0952. The molecule has 0 unspecified atom stereocenters. The van der Waals surface area contributed by atoms with Crippen LogP contribution in [-0.4, -0.2) is 19.0 Å². The Morgan fingerprint density at radius 2 is 2.00 bits per heavy atom. The molecule has 0 atom stereocenters. The summed E-state index contributed by atoms with van der Waals surface area (Å²) in [6.45, 7) is 5.87. The zero-order valence-electron chi connectivity index (χ0n) is 13.4. The second kappa shape index (κ2) is 8.06. The summed E-state index contributed by atoms with van der Waals surface area (Å²) in [5, 5.41) is 6.44. The van der Waals surface area contributed by atoms with E-state index in [0.717, 1.165) is 43.1 Å². The van der Waals surface area contributed by atoms with Crippen molar-refractivity contribution in [3.05, 3.63) is 29.3 Å². The van der Waals surface area contributed by atoms with Crippen molar-refractivity contribution in [2.75, 3.05) is 18.4 Å². The van der Waals surface area contributed by atoms with Crippen LogP contribution in [0.25, 0.3) is 0 Å². The Hall–Kier alpha value is -1.51. The number of aryl methyl sites for hydroxylation is 1. The van der Waals surface area contributed by atoms with E-state index < -0.39 is 0 Å². The fourth-order valence-electron chi connectivity index (χ4n) is 3.05. The minimum Gasteiger partial charge on any atom is -0.384 e. The van der Waals surface area contributed by atoms with Crippen LogP contribution >= 0.6 is 0 Å². The van der Waals surface area contributed by atoms with Crippen molar-refractivity contribution in [3.63, 3.8) is 0 Å². The molecular weight excluding hydrogens is 260 g/mol. The predicted molar refractivity (Wildman–Crippen MR) is 88.9 cm³/mol. The van der Waals surface area contributed by atoms with E-state index in [9.17, 15) is 4.79 Å². The maximum absolute atomic E-state index is 12.4. The summed E-state index contributed by atoms with van der Waals surface area (Å²) >= 11 is 0. The number of carbonyl (C=O) groups excluding carboxylic acids is 1. The zero-order valence-corrected chi connectivity index (χ0v) is 13.4. The van der Waals surface area contributed by atoms with Gasteiger partial charge in [-0.15, -0.1) is 0 Å². The van der Waals surface area contributed by atoms with Gasteiger partial charge >= 0.3 is 0 Å². The molecule has 3 nitrogen and oxygen atoms in total. The first-order valence-corrected chi connectivity index (χ1v) is 8.33. The molecular formula is C18H28N2O. The summed E-state index contributed by atoms with van der Waals surface area (Å²) in [7, 11) is 0. The first-order chi connectivity index (χ1) is 10.2. The molecule has 0 saturated heterocycles. The first-order valence-electron chi connectivity index (χ1n) is 8.33. The van der Waals surface area contributed by atoms with Crippen molar-refractivity contribution in [1.82, 2.24) is 5.32 Å². The highest BCUT2D eigenvalue weighted by Gasteiger charge is 2.16. The summed E-state index contributed by atoms with van der Waals surface area (Å²) in [4.78, 5) is 12.4. The summed E-state index contributed by atoms with van der Waals surface area (Å²) in [5.41, 5.74) is 2.90. The molecule has 1 fully saturated rings. The third-order valence-corrected chi connectivity index (χ3v) is 4.30. The van der Waals surface area contributed by atoms with Gasteiger partial charge in [0.25, 0.3) is 5.91 Å². The number of hydrogen-bond acceptors (Lipinski definition) is 2. The lowest BCUT2D eigenvalue weighted by Gasteiger charge is -2.14. The summed E-state index contributed by atoms with van der Waals surface area (Å²) in [5.74, 6) is 0.868. The molecule has 1 aromatic rings. The SMILES string of the molecule is CCCNc1cc(C)ccc1C(=O)NCCC1CCCC1. The number of benzene rings is 1. The summed E-state index contributed by atoms with van der Waals surface area (Å²) in [6, 6.07) is 5.99. The molecule has 1 aromatic carbocycles. The molecule has 0 aromatic heterocycles. The maximum atomic E-state index is 12.4. The average molecular weight is 288 g/mol. The van der Waals surface area contributed by atoms with Gasteiger partial charge in [0.2, 0.25) is 0 Å². The lowest BCUT2D eigenvalue weighted by Crippen LogP contribution is -2.26. The number of hydrogen-bond donors (Lipinski definition) is 2. The van der Waals surface area contributed by atoms with E-state index in [1.165, 1.54) is 31.2 Å². The van der Waals surface area contributed by atoms with E-state index in [0.29, 0.717) is 0 Å². The van der Waals surface area contributed by atoms with E-state index >= 15 is 0 Å². The van der Waals surface area contributed by atoms with Crippen molar-refractivity contribution in [1.29, 1.82) is 0 Å². The van der Waals surface area contributed by atoms with Gasteiger partial charge in [-0.05, 0) is 43.4 Å². The van der Waals surface area contributed by atoms with Gasteiger partial charge in [0, 0.05) is 18.8 Å². The third kappa shape index (κ3) is 4.76. The third-order valence-electron chi connectivity index (χ3n) is 4.30. The van der Waals surface area contributed by atoms with Gasteiger partial charge in [0.1, 0.15) is 0 Å². The minimum atomic E-state index is 0.0478. The van der Waals surface area contributed by atoms with Gasteiger partial charge in [-0.3, -0.25) is 4.79 Å². The van der Waals surface area contributed by atoms with Crippen LogP contribution in [0.1, 0.15) is 61.4 Å². The first kappa shape index (κ1) is 15.9. The van der Waals surface area contributed by atoms with Gasteiger partial charge < -0.3 is 10.6 Å². The Bertz CT molecular complexity index is 464. The van der Waals surface area contributed by atoms with Crippen LogP contribution in [0.4, 0.5) is 5.69 Å². The van der Waals surface area contributed by atoms with Gasteiger partial charge in [-0.1, -0.05) is 38.7 Å². The highest BCUT2D eigenvalue weighted by atomic mass is 16.1. The van der Waals surface area contributed by atoms with Crippen molar-refractivity contribution in [2.24, 2.45) is 5.92 Å². The molecule has 116 valence electrons. The number of anilines is 1. The lowest BCUT2D eigenvalue weighted by atomic mass is 10.0. The zero-order chi connectivity index (χ0) is 15.1. The fraction of sp³-hybridized carbons (Fsp3) is 0.611.